The fourth-order valence-electron chi connectivity index (χ4n) is 1.95. The minimum Gasteiger partial charge on any atom is -0.378 e. The zero-order valence-electron chi connectivity index (χ0n) is 8.61. The summed E-state index contributed by atoms with van der Waals surface area (Å²) < 4.78 is 10.6. The number of morpholine rings is 1. The largest absolute Gasteiger partial charge is 0.378 e. The molecule has 5 nitrogen and oxygen atoms in total. The van der Waals surface area contributed by atoms with Gasteiger partial charge in [0.2, 0.25) is 5.89 Å². The lowest BCUT2D eigenvalue weighted by Gasteiger charge is -2.21. The summed E-state index contributed by atoms with van der Waals surface area (Å²) in [5.41, 5.74) is 0. The Hall–Kier alpha value is -0.940. The molecule has 0 amide bonds. The van der Waals surface area contributed by atoms with E-state index in [1.54, 1.807) is 0 Å². The Morgan fingerprint density at radius 3 is 2.93 bits per heavy atom. The second kappa shape index (κ2) is 3.90. The van der Waals surface area contributed by atoms with Gasteiger partial charge in [0.1, 0.15) is 6.04 Å². The van der Waals surface area contributed by atoms with Crippen LogP contribution in [-0.4, -0.2) is 29.9 Å². The number of nitrogens with one attached hydrogen (secondary N) is 1. The second-order valence-corrected chi connectivity index (χ2v) is 4.20. The van der Waals surface area contributed by atoms with Gasteiger partial charge in [-0.05, 0) is 12.8 Å². The van der Waals surface area contributed by atoms with Crippen molar-refractivity contribution in [1.29, 1.82) is 0 Å². The topological polar surface area (TPSA) is 60.2 Å². The molecular weight excluding hydrogens is 194 g/mol. The van der Waals surface area contributed by atoms with Crippen LogP contribution in [0.1, 0.15) is 42.9 Å². The lowest BCUT2D eigenvalue weighted by Crippen LogP contribution is -2.34. The fourth-order valence-corrected chi connectivity index (χ4v) is 1.95. The minimum atomic E-state index is 0.0834. The Kier molecular flexibility index (Phi) is 2.42. The molecule has 3 rings (SSSR count). The Bertz CT molecular complexity index is 329. The number of hydrogen-bond acceptors (Lipinski definition) is 5. The maximum atomic E-state index is 5.36. The summed E-state index contributed by atoms with van der Waals surface area (Å²) in [6.07, 6.45) is 3.69. The average molecular weight is 209 g/mol. The predicted octanol–water partition coefficient (Wildman–Crippen LogP) is 0.998. The van der Waals surface area contributed by atoms with Crippen molar-refractivity contribution < 1.29 is 9.26 Å². The molecule has 0 spiro atoms. The van der Waals surface area contributed by atoms with Crippen molar-refractivity contribution in [2.45, 2.75) is 31.2 Å². The van der Waals surface area contributed by atoms with Crippen molar-refractivity contribution in [3.63, 3.8) is 0 Å². The summed E-state index contributed by atoms with van der Waals surface area (Å²) in [4.78, 5) is 4.44. The number of rotatable bonds is 2. The minimum absolute atomic E-state index is 0.0834. The zero-order valence-corrected chi connectivity index (χ0v) is 8.61. The molecule has 2 aliphatic rings. The van der Waals surface area contributed by atoms with Crippen molar-refractivity contribution in [3.05, 3.63) is 11.7 Å². The summed E-state index contributed by atoms with van der Waals surface area (Å²) in [6.45, 7) is 2.25. The van der Waals surface area contributed by atoms with Crippen molar-refractivity contribution in [1.82, 2.24) is 15.5 Å². The van der Waals surface area contributed by atoms with Crippen LogP contribution in [-0.2, 0) is 4.74 Å². The van der Waals surface area contributed by atoms with Crippen LogP contribution in [0.5, 0.6) is 0 Å². The molecule has 1 atom stereocenters. The molecule has 2 fully saturated rings. The molecule has 1 aliphatic carbocycles. The molecule has 1 aromatic heterocycles. The predicted molar refractivity (Wildman–Crippen MR) is 52.5 cm³/mol. The van der Waals surface area contributed by atoms with Crippen LogP contribution in [0.25, 0.3) is 0 Å². The summed E-state index contributed by atoms with van der Waals surface area (Å²) in [6, 6.07) is 0.0834. The van der Waals surface area contributed by atoms with Crippen LogP contribution < -0.4 is 5.32 Å². The van der Waals surface area contributed by atoms with Gasteiger partial charge in [0.25, 0.3) is 0 Å². The third-order valence-corrected chi connectivity index (χ3v) is 3.15. The molecule has 15 heavy (non-hydrogen) atoms. The first-order chi connectivity index (χ1) is 7.43. The van der Waals surface area contributed by atoms with Gasteiger partial charge < -0.3 is 14.6 Å². The van der Waals surface area contributed by atoms with Gasteiger partial charge in [0.15, 0.2) is 5.82 Å². The number of aromatic nitrogens is 2. The van der Waals surface area contributed by atoms with E-state index in [0.717, 1.165) is 19.0 Å². The summed E-state index contributed by atoms with van der Waals surface area (Å²) in [5, 5.41) is 7.33. The third kappa shape index (κ3) is 1.77. The molecule has 1 saturated heterocycles. The molecule has 2 heterocycles. The van der Waals surface area contributed by atoms with Gasteiger partial charge in [-0.1, -0.05) is 11.6 Å². The summed E-state index contributed by atoms with van der Waals surface area (Å²) in [7, 11) is 0. The summed E-state index contributed by atoms with van der Waals surface area (Å²) >= 11 is 0. The summed E-state index contributed by atoms with van der Waals surface area (Å²) in [5.74, 6) is 2.09. The van der Waals surface area contributed by atoms with Crippen molar-refractivity contribution in [2.24, 2.45) is 0 Å². The highest BCUT2D eigenvalue weighted by Gasteiger charge is 2.27. The first-order valence-corrected chi connectivity index (χ1v) is 5.58. The first kappa shape index (κ1) is 9.30. The molecule has 1 saturated carbocycles. The first-order valence-electron chi connectivity index (χ1n) is 5.58. The second-order valence-electron chi connectivity index (χ2n) is 4.20. The lowest BCUT2D eigenvalue weighted by atomic mass is 9.85. The van der Waals surface area contributed by atoms with Crippen LogP contribution >= 0.6 is 0 Å². The monoisotopic (exact) mass is 209 g/mol. The van der Waals surface area contributed by atoms with Crippen LogP contribution in [0.3, 0.4) is 0 Å². The van der Waals surface area contributed by atoms with E-state index in [2.05, 4.69) is 15.5 Å². The van der Waals surface area contributed by atoms with E-state index >= 15 is 0 Å². The van der Waals surface area contributed by atoms with Gasteiger partial charge >= 0.3 is 0 Å². The van der Waals surface area contributed by atoms with Crippen LogP contribution in [0, 0.1) is 0 Å². The lowest BCUT2D eigenvalue weighted by molar-refractivity contribution is 0.0659. The average Bonchev–Trinajstić information content (AvgIpc) is 2.66. The molecule has 82 valence electrons. The van der Waals surface area contributed by atoms with Gasteiger partial charge in [-0.2, -0.15) is 4.98 Å². The molecule has 1 unspecified atom stereocenters. The van der Waals surface area contributed by atoms with Gasteiger partial charge in [0, 0.05) is 12.5 Å². The van der Waals surface area contributed by atoms with E-state index in [-0.39, 0.29) is 6.04 Å². The maximum absolute atomic E-state index is 5.36. The van der Waals surface area contributed by atoms with Crippen molar-refractivity contribution in [2.75, 3.05) is 19.8 Å². The number of ether oxygens (including phenoxy) is 1. The van der Waals surface area contributed by atoms with Gasteiger partial charge in [-0.15, -0.1) is 0 Å². The van der Waals surface area contributed by atoms with E-state index < -0.39 is 0 Å². The van der Waals surface area contributed by atoms with Gasteiger partial charge in [-0.3, -0.25) is 0 Å². The van der Waals surface area contributed by atoms with Crippen LogP contribution in [0.4, 0.5) is 0 Å². The number of hydrogen-bond donors (Lipinski definition) is 1. The standard InChI is InChI=1S/C10H15N3O2/c1-2-7(3-1)9-12-10(15-13-9)8-6-14-5-4-11-8/h7-8,11H,1-6H2. The highest BCUT2D eigenvalue weighted by atomic mass is 16.5. The fraction of sp³-hybridized carbons (Fsp3) is 0.800. The van der Waals surface area contributed by atoms with Gasteiger partial charge in [-0.25, -0.2) is 0 Å². The highest BCUT2D eigenvalue weighted by Crippen LogP contribution is 2.34. The highest BCUT2D eigenvalue weighted by molar-refractivity contribution is 5.02. The maximum Gasteiger partial charge on any atom is 0.246 e. The smallest absolute Gasteiger partial charge is 0.246 e. The van der Waals surface area contributed by atoms with E-state index in [4.69, 9.17) is 9.26 Å². The van der Waals surface area contributed by atoms with Crippen LogP contribution in [0.2, 0.25) is 0 Å². The molecule has 0 aromatic carbocycles. The molecule has 1 aromatic rings. The molecule has 5 heteroatoms. The molecule has 0 radical (unpaired) electrons. The molecule has 1 aliphatic heterocycles. The Morgan fingerprint density at radius 2 is 2.27 bits per heavy atom. The molecule has 1 N–H and O–H groups in total. The Balaban J connectivity index is 1.71. The third-order valence-electron chi connectivity index (χ3n) is 3.15. The molecular formula is C10H15N3O2. The van der Waals surface area contributed by atoms with E-state index in [1.807, 2.05) is 0 Å². The van der Waals surface area contributed by atoms with E-state index in [9.17, 15) is 0 Å². The van der Waals surface area contributed by atoms with Gasteiger partial charge in [0.05, 0.1) is 13.2 Å². The van der Waals surface area contributed by atoms with E-state index in [0.29, 0.717) is 18.4 Å². The van der Waals surface area contributed by atoms with Crippen molar-refractivity contribution in [3.8, 4) is 0 Å². The Labute approximate surface area is 88.2 Å². The number of nitrogens with zero attached hydrogens (tertiary/aromatic N) is 2. The quantitative estimate of drug-likeness (QED) is 0.787. The SMILES string of the molecule is C1CC(c2noc(C3COCCN3)n2)C1. The van der Waals surface area contributed by atoms with E-state index in [1.165, 1.54) is 19.3 Å². The normalized spacial score (nSPS) is 27.6. The Morgan fingerprint density at radius 1 is 1.33 bits per heavy atom. The van der Waals surface area contributed by atoms with Crippen molar-refractivity contribution >= 4 is 0 Å². The van der Waals surface area contributed by atoms with Crippen LogP contribution in [0.15, 0.2) is 4.52 Å². The molecule has 0 bridgehead atoms. The zero-order chi connectivity index (χ0) is 10.1.